The summed E-state index contributed by atoms with van der Waals surface area (Å²) in [5.74, 6) is 0.614. The Morgan fingerprint density at radius 2 is 1.86 bits per heavy atom. The number of anilines is 1. The Labute approximate surface area is 169 Å². The Hall–Kier alpha value is -1.59. The second-order valence-corrected chi connectivity index (χ2v) is 9.09. The molecule has 0 bridgehead atoms. The van der Waals surface area contributed by atoms with Crippen molar-refractivity contribution in [1.82, 2.24) is 10.2 Å². The first kappa shape index (κ1) is 19.7. The fraction of sp³-hybridized carbons (Fsp3) is 0.696. The molecule has 5 nitrogen and oxygen atoms in total. The van der Waals surface area contributed by atoms with E-state index in [2.05, 4.69) is 53.2 Å². The van der Waals surface area contributed by atoms with Gasteiger partial charge in [-0.1, -0.05) is 32.0 Å². The first-order valence-corrected chi connectivity index (χ1v) is 11.1. The SMILES string of the molecule is CC(C)c1ccccc1N1CCN(CCC2CC3(CCNCC3)C(=O)O2)CC1. The topological polar surface area (TPSA) is 44.8 Å². The second kappa shape index (κ2) is 8.42. The van der Waals surface area contributed by atoms with Gasteiger partial charge in [0.1, 0.15) is 6.10 Å². The number of ether oxygens (including phenoxy) is 1. The average Bonchev–Trinajstić information content (AvgIpc) is 3.02. The Balaban J connectivity index is 1.26. The van der Waals surface area contributed by atoms with Gasteiger partial charge in [-0.25, -0.2) is 0 Å². The summed E-state index contributed by atoms with van der Waals surface area (Å²) in [5, 5.41) is 3.36. The van der Waals surface area contributed by atoms with Crippen molar-refractivity contribution in [3.05, 3.63) is 29.8 Å². The van der Waals surface area contributed by atoms with Crippen LogP contribution < -0.4 is 10.2 Å². The number of rotatable bonds is 5. The Kier molecular flexibility index (Phi) is 5.93. The van der Waals surface area contributed by atoms with Crippen molar-refractivity contribution in [2.45, 2.75) is 51.6 Å². The van der Waals surface area contributed by atoms with Gasteiger partial charge in [-0.2, -0.15) is 0 Å². The van der Waals surface area contributed by atoms with Crippen LogP contribution in [0.4, 0.5) is 5.69 Å². The van der Waals surface area contributed by atoms with Crippen LogP contribution in [0.5, 0.6) is 0 Å². The predicted octanol–water partition coefficient (Wildman–Crippen LogP) is 3.01. The fourth-order valence-corrected chi connectivity index (χ4v) is 5.11. The van der Waals surface area contributed by atoms with Crippen LogP contribution in [-0.4, -0.2) is 62.8 Å². The third-order valence-electron chi connectivity index (χ3n) is 6.92. The third-order valence-corrected chi connectivity index (χ3v) is 6.92. The lowest BCUT2D eigenvalue weighted by atomic mass is 9.76. The number of cyclic esters (lactones) is 1. The van der Waals surface area contributed by atoms with E-state index in [0.29, 0.717) is 5.92 Å². The third kappa shape index (κ3) is 4.06. The standard InChI is InChI=1S/C23H35N3O2/c1-18(2)20-5-3-4-6-21(20)26-15-13-25(14-16-26)12-7-19-17-23(22(27)28-19)8-10-24-11-9-23/h3-6,18-19,24H,7-17H2,1-2H3. The highest BCUT2D eigenvalue weighted by Gasteiger charge is 2.49. The molecule has 3 aliphatic rings. The summed E-state index contributed by atoms with van der Waals surface area (Å²) in [6.45, 7) is 11.8. The minimum Gasteiger partial charge on any atom is -0.462 e. The predicted molar refractivity (Wildman–Crippen MR) is 113 cm³/mol. The van der Waals surface area contributed by atoms with Crippen LogP contribution in [-0.2, 0) is 9.53 Å². The fourth-order valence-electron chi connectivity index (χ4n) is 5.11. The number of carbonyl (C=O) groups is 1. The first-order chi connectivity index (χ1) is 13.6. The average molecular weight is 386 g/mol. The molecular formula is C23H35N3O2. The summed E-state index contributed by atoms with van der Waals surface area (Å²) in [6, 6.07) is 8.82. The number of para-hydroxylation sites is 1. The maximum absolute atomic E-state index is 12.4. The van der Waals surface area contributed by atoms with Gasteiger partial charge in [-0.05, 0) is 49.9 Å². The number of esters is 1. The van der Waals surface area contributed by atoms with Crippen molar-refractivity contribution >= 4 is 11.7 Å². The summed E-state index contributed by atoms with van der Waals surface area (Å²) in [4.78, 5) is 17.5. The van der Waals surface area contributed by atoms with E-state index in [0.717, 1.165) is 71.5 Å². The molecule has 1 atom stereocenters. The smallest absolute Gasteiger partial charge is 0.312 e. The van der Waals surface area contributed by atoms with E-state index in [4.69, 9.17) is 4.74 Å². The summed E-state index contributed by atoms with van der Waals surface area (Å²) in [6.07, 6.45) is 3.90. The van der Waals surface area contributed by atoms with E-state index in [-0.39, 0.29) is 17.5 Å². The number of nitrogens with one attached hydrogen (secondary N) is 1. The molecule has 154 valence electrons. The van der Waals surface area contributed by atoms with Gasteiger partial charge in [0.05, 0.1) is 5.41 Å². The van der Waals surface area contributed by atoms with Gasteiger partial charge in [0, 0.05) is 44.8 Å². The zero-order chi connectivity index (χ0) is 19.6. The lowest BCUT2D eigenvalue weighted by molar-refractivity contribution is -0.150. The highest BCUT2D eigenvalue weighted by atomic mass is 16.6. The second-order valence-electron chi connectivity index (χ2n) is 9.09. The summed E-state index contributed by atoms with van der Waals surface area (Å²) in [5.41, 5.74) is 2.66. The lowest BCUT2D eigenvalue weighted by Gasteiger charge is -2.37. The van der Waals surface area contributed by atoms with E-state index in [1.54, 1.807) is 0 Å². The molecule has 1 aromatic carbocycles. The number of benzene rings is 1. The van der Waals surface area contributed by atoms with Gasteiger partial charge < -0.3 is 15.0 Å². The number of hydrogen-bond donors (Lipinski definition) is 1. The minimum atomic E-state index is -0.185. The summed E-state index contributed by atoms with van der Waals surface area (Å²) in [7, 11) is 0. The zero-order valence-corrected chi connectivity index (χ0v) is 17.5. The van der Waals surface area contributed by atoms with E-state index in [1.165, 1.54) is 11.3 Å². The van der Waals surface area contributed by atoms with Gasteiger partial charge in [0.25, 0.3) is 0 Å². The number of hydrogen-bond acceptors (Lipinski definition) is 5. The van der Waals surface area contributed by atoms with E-state index >= 15 is 0 Å². The molecule has 3 aliphatic heterocycles. The molecule has 0 aliphatic carbocycles. The molecule has 3 saturated heterocycles. The van der Waals surface area contributed by atoms with Crippen molar-refractivity contribution in [1.29, 1.82) is 0 Å². The molecule has 0 aromatic heterocycles. The highest BCUT2D eigenvalue weighted by Crippen LogP contribution is 2.42. The largest absolute Gasteiger partial charge is 0.462 e. The van der Waals surface area contributed by atoms with Crippen molar-refractivity contribution in [2.75, 3.05) is 50.7 Å². The maximum atomic E-state index is 12.4. The van der Waals surface area contributed by atoms with Gasteiger partial charge in [0.15, 0.2) is 0 Å². The molecule has 28 heavy (non-hydrogen) atoms. The van der Waals surface area contributed by atoms with Crippen LogP contribution in [0.3, 0.4) is 0 Å². The molecule has 5 heteroatoms. The van der Waals surface area contributed by atoms with E-state index < -0.39 is 0 Å². The number of piperazine rings is 1. The van der Waals surface area contributed by atoms with Gasteiger partial charge in [-0.3, -0.25) is 9.69 Å². The Morgan fingerprint density at radius 3 is 2.57 bits per heavy atom. The molecule has 0 amide bonds. The summed E-state index contributed by atoms with van der Waals surface area (Å²) < 4.78 is 5.77. The zero-order valence-electron chi connectivity index (χ0n) is 17.5. The minimum absolute atomic E-state index is 0.0640. The van der Waals surface area contributed by atoms with Crippen molar-refractivity contribution < 1.29 is 9.53 Å². The Bertz CT molecular complexity index is 676. The summed E-state index contributed by atoms with van der Waals surface area (Å²) >= 11 is 0. The Morgan fingerprint density at radius 1 is 1.14 bits per heavy atom. The molecule has 4 rings (SSSR count). The maximum Gasteiger partial charge on any atom is 0.312 e. The molecule has 3 fully saturated rings. The van der Waals surface area contributed by atoms with Crippen LogP contribution in [0, 0.1) is 5.41 Å². The lowest BCUT2D eigenvalue weighted by Crippen LogP contribution is -2.47. The monoisotopic (exact) mass is 385 g/mol. The quantitative estimate of drug-likeness (QED) is 0.790. The molecule has 1 spiro atoms. The van der Waals surface area contributed by atoms with E-state index in [1.807, 2.05) is 0 Å². The normalized spacial score (nSPS) is 25.5. The number of nitrogens with zero attached hydrogens (tertiary/aromatic N) is 2. The van der Waals surface area contributed by atoms with Crippen molar-refractivity contribution in [2.24, 2.45) is 5.41 Å². The van der Waals surface area contributed by atoms with Crippen molar-refractivity contribution in [3.63, 3.8) is 0 Å². The molecule has 3 heterocycles. The molecule has 1 unspecified atom stereocenters. The van der Waals surface area contributed by atoms with Crippen molar-refractivity contribution in [3.8, 4) is 0 Å². The molecule has 1 N–H and O–H groups in total. The van der Waals surface area contributed by atoms with Gasteiger partial charge >= 0.3 is 5.97 Å². The molecule has 0 radical (unpaired) electrons. The van der Waals surface area contributed by atoms with Crippen LogP contribution in [0.15, 0.2) is 24.3 Å². The van der Waals surface area contributed by atoms with Crippen LogP contribution in [0.1, 0.15) is 51.0 Å². The van der Waals surface area contributed by atoms with Crippen LogP contribution >= 0.6 is 0 Å². The van der Waals surface area contributed by atoms with Gasteiger partial charge in [0.2, 0.25) is 0 Å². The molecule has 0 saturated carbocycles. The first-order valence-electron chi connectivity index (χ1n) is 11.1. The highest BCUT2D eigenvalue weighted by molar-refractivity contribution is 5.79. The van der Waals surface area contributed by atoms with Crippen LogP contribution in [0.25, 0.3) is 0 Å². The number of piperidine rings is 1. The molecule has 1 aromatic rings. The molecular weight excluding hydrogens is 350 g/mol. The number of carbonyl (C=O) groups excluding carboxylic acids is 1. The van der Waals surface area contributed by atoms with Gasteiger partial charge in [-0.15, -0.1) is 0 Å². The van der Waals surface area contributed by atoms with E-state index in [9.17, 15) is 4.79 Å². The van der Waals surface area contributed by atoms with Crippen LogP contribution in [0.2, 0.25) is 0 Å².